The van der Waals surface area contributed by atoms with Crippen molar-refractivity contribution < 1.29 is 44.6 Å². The molecule has 0 bridgehead atoms. The lowest BCUT2D eigenvalue weighted by Gasteiger charge is -2.27. The minimum Gasteiger partial charge on any atom is -0.489 e. The molecule has 3 N–H and O–H groups in total. The number of hydrogen-bond donors (Lipinski definition) is 2. The fourth-order valence-electron chi connectivity index (χ4n) is 5.17. The van der Waals surface area contributed by atoms with Gasteiger partial charge in [0.05, 0.1) is 29.7 Å². The van der Waals surface area contributed by atoms with Gasteiger partial charge in [-0.3, -0.25) is 4.79 Å². The summed E-state index contributed by atoms with van der Waals surface area (Å²) in [6.45, 7) is -3.15. The number of amides is 1. The highest BCUT2D eigenvalue weighted by molar-refractivity contribution is 7.89. The van der Waals surface area contributed by atoms with E-state index in [1.165, 1.54) is 30.3 Å². The summed E-state index contributed by atoms with van der Waals surface area (Å²) in [6.07, 6.45) is -2.99. The van der Waals surface area contributed by atoms with Gasteiger partial charge in [-0.2, -0.15) is 22.0 Å². The first kappa shape index (κ1) is 31.7. The Hall–Kier alpha value is -3.75. The average molecular weight is 640 g/mol. The van der Waals surface area contributed by atoms with E-state index in [0.29, 0.717) is 16.8 Å². The smallest absolute Gasteiger partial charge is 0.416 e. The summed E-state index contributed by atoms with van der Waals surface area (Å²) in [5.41, 5.74) is 6.84. The first-order valence-electron chi connectivity index (χ1n) is 13.8. The van der Waals surface area contributed by atoms with Crippen molar-refractivity contribution in [2.24, 2.45) is 5.73 Å². The van der Waals surface area contributed by atoms with Crippen molar-refractivity contribution >= 4 is 21.6 Å². The summed E-state index contributed by atoms with van der Waals surface area (Å²) >= 11 is 0. The summed E-state index contributed by atoms with van der Waals surface area (Å²) in [6, 6.07) is 14.7. The first-order valence-corrected chi connectivity index (χ1v) is 15.3. The quantitative estimate of drug-likeness (QED) is 0.267. The largest absolute Gasteiger partial charge is 0.489 e. The SMILES string of the molecule is NC(=O)c1ccc(N2C[C@@H](Oc3ccc(C(F)(F)F)cc3)C[C@H]2COC(F)F)cc1Cc1ccc(S(=O)(=O)NC2CC2)cc1. The number of nitrogens with zero attached hydrogens (tertiary/aromatic N) is 1. The zero-order valence-electron chi connectivity index (χ0n) is 23.3. The lowest BCUT2D eigenvalue weighted by atomic mass is 9.98. The Labute approximate surface area is 251 Å². The monoisotopic (exact) mass is 639 g/mol. The molecule has 1 aliphatic carbocycles. The molecule has 2 fully saturated rings. The summed E-state index contributed by atoms with van der Waals surface area (Å²) in [7, 11) is -3.64. The van der Waals surface area contributed by atoms with Crippen molar-refractivity contribution in [1.29, 1.82) is 0 Å². The van der Waals surface area contributed by atoms with E-state index < -0.39 is 46.4 Å². The number of sulfonamides is 1. The molecule has 2 aliphatic rings. The predicted molar refractivity (Wildman–Crippen MR) is 151 cm³/mol. The Balaban J connectivity index is 1.36. The Bertz CT molecular complexity index is 1580. The Morgan fingerprint density at radius 1 is 1.02 bits per heavy atom. The lowest BCUT2D eigenvalue weighted by molar-refractivity contribution is -0.137. The molecule has 2 atom stereocenters. The molecule has 236 valence electrons. The lowest BCUT2D eigenvalue weighted by Crippen LogP contribution is -2.34. The van der Waals surface area contributed by atoms with Crippen LogP contribution in [-0.2, 0) is 27.4 Å². The van der Waals surface area contributed by atoms with Crippen molar-refractivity contribution in [3.8, 4) is 5.75 Å². The van der Waals surface area contributed by atoms with E-state index in [0.717, 1.165) is 25.0 Å². The van der Waals surface area contributed by atoms with Crippen LogP contribution < -0.4 is 20.1 Å². The second kappa shape index (κ2) is 12.7. The third-order valence-corrected chi connectivity index (χ3v) is 9.02. The highest BCUT2D eigenvalue weighted by Gasteiger charge is 2.35. The zero-order valence-corrected chi connectivity index (χ0v) is 24.1. The molecule has 1 heterocycles. The second-order valence-corrected chi connectivity index (χ2v) is 12.5. The van der Waals surface area contributed by atoms with Gasteiger partial charge >= 0.3 is 12.8 Å². The molecule has 0 aromatic heterocycles. The molecule has 1 aliphatic heterocycles. The summed E-state index contributed by atoms with van der Waals surface area (Å²) < 4.78 is 103. The van der Waals surface area contributed by atoms with E-state index in [1.807, 2.05) is 0 Å². The number of primary amides is 1. The maximum absolute atomic E-state index is 13.0. The number of rotatable bonds is 12. The number of alkyl halides is 5. The molecule has 0 spiro atoms. The van der Waals surface area contributed by atoms with Crippen molar-refractivity contribution in [1.82, 2.24) is 4.72 Å². The number of halogens is 5. The van der Waals surface area contributed by atoms with Crippen LogP contribution in [0.2, 0.25) is 0 Å². The minimum absolute atomic E-state index is 0.0408. The standard InChI is InChI=1S/C30H30F5N3O5S/c31-29(32)42-17-23-15-25(43-24-8-3-20(4-9-24)30(33,34)35)16-38(23)22-7-12-27(28(36)39)19(14-22)13-18-1-10-26(11-2-18)44(40,41)37-21-5-6-21/h1-4,7-12,14,21,23,25,29,37H,5-6,13,15-17H2,(H2,36,39)/t23-,25-/m0/s1. The Morgan fingerprint density at radius 2 is 1.70 bits per heavy atom. The van der Waals surface area contributed by atoms with Gasteiger partial charge in [-0.25, -0.2) is 13.1 Å². The van der Waals surface area contributed by atoms with E-state index in [4.69, 9.17) is 10.5 Å². The van der Waals surface area contributed by atoms with E-state index in [9.17, 15) is 35.2 Å². The normalized spacial score (nSPS) is 19.0. The molecular weight excluding hydrogens is 609 g/mol. The number of anilines is 1. The van der Waals surface area contributed by atoms with E-state index >= 15 is 0 Å². The van der Waals surface area contributed by atoms with Gasteiger partial charge in [0.15, 0.2) is 0 Å². The number of ether oxygens (including phenoxy) is 2. The van der Waals surface area contributed by atoms with Gasteiger partial charge in [-0.15, -0.1) is 0 Å². The van der Waals surface area contributed by atoms with Crippen LogP contribution in [-0.4, -0.2) is 52.3 Å². The third-order valence-electron chi connectivity index (χ3n) is 7.49. The molecule has 1 saturated heterocycles. The average Bonchev–Trinajstić information content (AvgIpc) is 3.67. The van der Waals surface area contributed by atoms with Gasteiger partial charge in [0, 0.05) is 23.7 Å². The number of benzene rings is 3. The molecule has 1 saturated carbocycles. The van der Waals surface area contributed by atoms with Gasteiger partial charge in [0.2, 0.25) is 15.9 Å². The minimum atomic E-state index is -4.50. The van der Waals surface area contributed by atoms with Gasteiger partial charge in [0.1, 0.15) is 11.9 Å². The van der Waals surface area contributed by atoms with E-state index in [-0.39, 0.29) is 48.2 Å². The van der Waals surface area contributed by atoms with E-state index in [1.54, 1.807) is 29.2 Å². The maximum Gasteiger partial charge on any atom is 0.416 e. The van der Waals surface area contributed by atoms with Crippen LogP contribution in [0.5, 0.6) is 5.75 Å². The maximum atomic E-state index is 13.0. The molecule has 3 aromatic carbocycles. The molecule has 5 rings (SSSR count). The van der Waals surface area contributed by atoms with Crippen LogP contribution in [0.1, 0.15) is 46.3 Å². The number of carbonyl (C=O) groups excluding carboxylic acids is 1. The van der Waals surface area contributed by atoms with Crippen LogP contribution in [0, 0.1) is 0 Å². The first-order chi connectivity index (χ1) is 20.8. The summed E-state index contributed by atoms with van der Waals surface area (Å²) in [5.74, 6) is -0.483. The fourth-order valence-corrected chi connectivity index (χ4v) is 6.48. The molecule has 0 radical (unpaired) electrons. The zero-order chi connectivity index (χ0) is 31.6. The van der Waals surface area contributed by atoms with Gasteiger partial charge in [-0.05, 0) is 85.0 Å². The molecule has 3 aromatic rings. The topological polar surface area (TPSA) is 111 Å². The van der Waals surface area contributed by atoms with Crippen LogP contribution in [0.4, 0.5) is 27.6 Å². The van der Waals surface area contributed by atoms with Gasteiger partial charge in [0.25, 0.3) is 0 Å². The van der Waals surface area contributed by atoms with Crippen LogP contribution in [0.25, 0.3) is 0 Å². The Kier molecular flexibility index (Phi) is 9.14. The highest BCUT2D eigenvalue weighted by Crippen LogP contribution is 2.33. The fraction of sp³-hybridized carbons (Fsp3) is 0.367. The summed E-state index contributed by atoms with van der Waals surface area (Å²) in [4.78, 5) is 14.2. The van der Waals surface area contributed by atoms with Crippen LogP contribution >= 0.6 is 0 Å². The molecule has 1 amide bonds. The van der Waals surface area contributed by atoms with Crippen molar-refractivity contribution in [2.75, 3.05) is 18.1 Å². The molecule has 14 heteroatoms. The van der Waals surface area contributed by atoms with Crippen molar-refractivity contribution in [3.63, 3.8) is 0 Å². The van der Waals surface area contributed by atoms with Gasteiger partial charge < -0.3 is 20.1 Å². The van der Waals surface area contributed by atoms with Gasteiger partial charge in [-0.1, -0.05) is 12.1 Å². The summed E-state index contributed by atoms with van der Waals surface area (Å²) in [5, 5.41) is 0. The van der Waals surface area contributed by atoms with Crippen LogP contribution in [0.15, 0.2) is 71.6 Å². The molecule has 0 unspecified atom stereocenters. The van der Waals surface area contributed by atoms with E-state index in [2.05, 4.69) is 9.46 Å². The van der Waals surface area contributed by atoms with Crippen molar-refractivity contribution in [3.05, 3.63) is 89.0 Å². The second-order valence-electron chi connectivity index (χ2n) is 10.8. The van der Waals surface area contributed by atoms with Crippen molar-refractivity contribution in [2.45, 2.75) is 61.6 Å². The van der Waals surface area contributed by atoms with Crippen LogP contribution in [0.3, 0.4) is 0 Å². The predicted octanol–water partition coefficient (Wildman–Crippen LogP) is 5.10. The number of hydrogen-bond acceptors (Lipinski definition) is 6. The number of nitrogens with one attached hydrogen (secondary N) is 1. The third kappa shape index (κ3) is 7.85. The number of nitrogens with two attached hydrogens (primary N) is 1. The highest BCUT2D eigenvalue weighted by atomic mass is 32.2. The molecular formula is C30H30F5N3O5S. The molecule has 44 heavy (non-hydrogen) atoms. The molecule has 8 nitrogen and oxygen atoms in total. The Morgan fingerprint density at radius 3 is 2.30 bits per heavy atom. The number of carbonyl (C=O) groups is 1.